The topological polar surface area (TPSA) is 84.4 Å². The van der Waals surface area contributed by atoms with Crippen LogP contribution in [0.15, 0.2) is 42.7 Å². The van der Waals surface area contributed by atoms with E-state index in [0.29, 0.717) is 17.1 Å². The van der Waals surface area contributed by atoms with Gasteiger partial charge in [-0.05, 0) is 12.0 Å². The summed E-state index contributed by atoms with van der Waals surface area (Å²) >= 11 is 5.91. The Balaban J connectivity index is 1.74. The van der Waals surface area contributed by atoms with E-state index in [9.17, 15) is 9.90 Å². The Labute approximate surface area is 139 Å². The molecular weight excluding hydrogens is 316 g/mol. The Morgan fingerprint density at radius 3 is 2.78 bits per heavy atom. The van der Waals surface area contributed by atoms with Gasteiger partial charge in [0.1, 0.15) is 0 Å². The monoisotopic (exact) mass is 334 g/mol. The first kappa shape index (κ1) is 16.0. The first-order valence-corrected chi connectivity index (χ1v) is 7.86. The Morgan fingerprint density at radius 2 is 2.17 bits per heavy atom. The maximum atomic E-state index is 11.9. The standard InChI is InChI=1S/C16H19ClN4O2/c17-13-8-19-21(9-13)14-6-7-20(10-14)11-16(23,15(18)22)12-4-2-1-3-5-12/h1-5,8-9,14,23H,6-7,10-11H2,(H2,18,22). The van der Waals surface area contributed by atoms with Gasteiger partial charge in [0, 0.05) is 25.8 Å². The highest BCUT2D eigenvalue weighted by molar-refractivity contribution is 6.30. The smallest absolute Gasteiger partial charge is 0.255 e. The van der Waals surface area contributed by atoms with Crippen LogP contribution < -0.4 is 5.73 Å². The van der Waals surface area contributed by atoms with E-state index in [4.69, 9.17) is 17.3 Å². The largest absolute Gasteiger partial charge is 0.374 e. The van der Waals surface area contributed by atoms with Crippen LogP contribution in [0.3, 0.4) is 0 Å². The van der Waals surface area contributed by atoms with E-state index in [1.54, 1.807) is 36.7 Å². The van der Waals surface area contributed by atoms with Crippen molar-refractivity contribution in [2.45, 2.75) is 18.1 Å². The van der Waals surface area contributed by atoms with E-state index in [-0.39, 0.29) is 12.6 Å². The lowest BCUT2D eigenvalue weighted by Gasteiger charge is -2.30. The third kappa shape index (κ3) is 3.24. The molecule has 2 aromatic rings. The van der Waals surface area contributed by atoms with E-state index in [1.807, 2.05) is 15.6 Å². The maximum absolute atomic E-state index is 11.9. The number of hydrogen-bond donors (Lipinski definition) is 2. The Hall–Kier alpha value is -1.89. The summed E-state index contributed by atoms with van der Waals surface area (Å²) in [6, 6.07) is 8.99. The molecule has 0 bridgehead atoms. The van der Waals surface area contributed by atoms with Crippen molar-refractivity contribution < 1.29 is 9.90 Å². The van der Waals surface area contributed by atoms with Gasteiger partial charge in [-0.25, -0.2) is 0 Å². The number of aromatic nitrogens is 2. The molecule has 23 heavy (non-hydrogen) atoms. The number of nitrogens with zero attached hydrogens (tertiary/aromatic N) is 3. The third-order valence-corrected chi connectivity index (χ3v) is 4.50. The summed E-state index contributed by atoms with van der Waals surface area (Å²) in [6.45, 7) is 1.60. The van der Waals surface area contributed by atoms with Crippen molar-refractivity contribution in [2.24, 2.45) is 5.73 Å². The lowest BCUT2D eigenvalue weighted by atomic mass is 9.92. The number of likely N-dealkylation sites (tertiary alicyclic amines) is 1. The van der Waals surface area contributed by atoms with E-state index < -0.39 is 11.5 Å². The number of rotatable bonds is 5. The molecule has 1 amide bonds. The van der Waals surface area contributed by atoms with Crippen LogP contribution in [-0.4, -0.2) is 45.3 Å². The average molecular weight is 335 g/mol. The number of carbonyl (C=O) groups excluding carboxylic acids is 1. The fraction of sp³-hybridized carbons (Fsp3) is 0.375. The SMILES string of the molecule is NC(=O)C(O)(CN1CCC(n2cc(Cl)cn2)C1)c1ccccc1. The number of halogens is 1. The molecular formula is C16H19ClN4O2. The van der Waals surface area contributed by atoms with Crippen molar-refractivity contribution in [2.75, 3.05) is 19.6 Å². The third-order valence-electron chi connectivity index (χ3n) is 4.30. The number of aliphatic hydroxyl groups is 1. The van der Waals surface area contributed by atoms with Gasteiger partial charge < -0.3 is 10.8 Å². The second kappa shape index (κ2) is 6.31. The van der Waals surface area contributed by atoms with Crippen LogP contribution >= 0.6 is 11.6 Å². The molecule has 2 atom stereocenters. The molecule has 1 saturated heterocycles. The second-order valence-electron chi connectivity index (χ2n) is 5.91. The van der Waals surface area contributed by atoms with Crippen LogP contribution in [0.5, 0.6) is 0 Å². The second-order valence-corrected chi connectivity index (χ2v) is 6.34. The van der Waals surface area contributed by atoms with Crippen LogP contribution in [0.4, 0.5) is 0 Å². The molecule has 1 fully saturated rings. The van der Waals surface area contributed by atoms with Gasteiger partial charge in [-0.1, -0.05) is 41.9 Å². The molecule has 3 rings (SSSR count). The molecule has 1 aliphatic rings. The molecule has 0 radical (unpaired) electrons. The number of carbonyl (C=O) groups is 1. The fourth-order valence-corrected chi connectivity index (χ4v) is 3.18. The van der Waals surface area contributed by atoms with Gasteiger partial charge >= 0.3 is 0 Å². The zero-order valence-electron chi connectivity index (χ0n) is 12.6. The summed E-state index contributed by atoms with van der Waals surface area (Å²) in [5, 5.41) is 15.6. The van der Waals surface area contributed by atoms with Gasteiger partial charge in [-0.2, -0.15) is 5.10 Å². The zero-order valence-corrected chi connectivity index (χ0v) is 13.4. The molecule has 3 N–H and O–H groups in total. The normalized spacial score (nSPS) is 21.2. The number of β-amino-alcohol motifs (C(OH)–C–C–N with tert-alkyl or cyclic N) is 1. The van der Waals surface area contributed by atoms with E-state index >= 15 is 0 Å². The van der Waals surface area contributed by atoms with Gasteiger partial charge in [0.25, 0.3) is 5.91 Å². The molecule has 1 aliphatic heterocycles. The molecule has 0 aliphatic carbocycles. The highest BCUT2D eigenvalue weighted by atomic mass is 35.5. The van der Waals surface area contributed by atoms with Gasteiger partial charge in [0.2, 0.25) is 0 Å². The number of hydrogen-bond acceptors (Lipinski definition) is 4. The summed E-state index contributed by atoms with van der Waals surface area (Å²) in [6.07, 6.45) is 4.27. The molecule has 0 spiro atoms. The Morgan fingerprint density at radius 1 is 1.43 bits per heavy atom. The minimum Gasteiger partial charge on any atom is -0.374 e. The van der Waals surface area contributed by atoms with Crippen LogP contribution in [0.1, 0.15) is 18.0 Å². The predicted octanol–water partition coefficient (Wildman–Crippen LogP) is 1.16. The molecule has 2 heterocycles. The highest BCUT2D eigenvalue weighted by Gasteiger charge is 2.39. The predicted molar refractivity (Wildman–Crippen MR) is 86.9 cm³/mol. The summed E-state index contributed by atoms with van der Waals surface area (Å²) in [4.78, 5) is 13.9. The number of primary amides is 1. The van der Waals surface area contributed by atoms with Crippen molar-refractivity contribution in [3.05, 3.63) is 53.3 Å². The van der Waals surface area contributed by atoms with Crippen LogP contribution in [0.2, 0.25) is 5.02 Å². The molecule has 0 saturated carbocycles. The Kier molecular flexibility index (Phi) is 4.39. The van der Waals surface area contributed by atoms with Crippen molar-refractivity contribution in [3.63, 3.8) is 0 Å². The summed E-state index contributed by atoms with van der Waals surface area (Å²) in [5.41, 5.74) is 4.30. The number of benzene rings is 1. The van der Waals surface area contributed by atoms with E-state index in [2.05, 4.69) is 5.10 Å². The van der Waals surface area contributed by atoms with Crippen LogP contribution in [-0.2, 0) is 10.4 Å². The highest BCUT2D eigenvalue weighted by Crippen LogP contribution is 2.28. The number of amides is 1. The Bertz CT molecular complexity index is 690. The molecule has 7 heteroatoms. The molecule has 6 nitrogen and oxygen atoms in total. The summed E-state index contributed by atoms with van der Waals surface area (Å²) < 4.78 is 1.83. The lowest BCUT2D eigenvalue weighted by molar-refractivity contribution is -0.139. The van der Waals surface area contributed by atoms with E-state index in [0.717, 1.165) is 13.0 Å². The minimum atomic E-state index is -1.70. The van der Waals surface area contributed by atoms with Crippen molar-refractivity contribution in [1.29, 1.82) is 0 Å². The van der Waals surface area contributed by atoms with Crippen LogP contribution in [0.25, 0.3) is 0 Å². The summed E-state index contributed by atoms with van der Waals surface area (Å²) in [7, 11) is 0. The molecule has 1 aromatic carbocycles. The van der Waals surface area contributed by atoms with Gasteiger partial charge in [-0.3, -0.25) is 14.4 Å². The van der Waals surface area contributed by atoms with Crippen molar-refractivity contribution in [3.8, 4) is 0 Å². The number of nitrogens with two attached hydrogens (primary N) is 1. The fourth-order valence-electron chi connectivity index (χ4n) is 3.04. The van der Waals surface area contributed by atoms with Crippen LogP contribution in [0, 0.1) is 0 Å². The minimum absolute atomic E-state index is 0.165. The maximum Gasteiger partial charge on any atom is 0.255 e. The average Bonchev–Trinajstić information content (AvgIpc) is 3.16. The first-order valence-electron chi connectivity index (χ1n) is 7.49. The van der Waals surface area contributed by atoms with Gasteiger partial charge in [0.15, 0.2) is 5.60 Å². The van der Waals surface area contributed by atoms with Gasteiger partial charge in [-0.15, -0.1) is 0 Å². The zero-order chi connectivity index (χ0) is 16.4. The summed E-state index contributed by atoms with van der Waals surface area (Å²) in [5.74, 6) is -0.741. The lowest BCUT2D eigenvalue weighted by Crippen LogP contribution is -2.49. The quantitative estimate of drug-likeness (QED) is 0.859. The first-order chi connectivity index (χ1) is 11.0. The van der Waals surface area contributed by atoms with Crippen molar-refractivity contribution in [1.82, 2.24) is 14.7 Å². The van der Waals surface area contributed by atoms with E-state index in [1.165, 1.54) is 0 Å². The van der Waals surface area contributed by atoms with Gasteiger partial charge in [0.05, 0.1) is 17.3 Å². The molecule has 122 valence electrons. The molecule has 1 aromatic heterocycles. The van der Waals surface area contributed by atoms with Crippen molar-refractivity contribution >= 4 is 17.5 Å². The molecule has 2 unspecified atom stereocenters.